The van der Waals surface area contributed by atoms with Gasteiger partial charge < -0.3 is 4.74 Å². The first-order valence-corrected chi connectivity index (χ1v) is 9.05. The molecule has 0 unspecified atom stereocenters. The number of hydrogen-bond acceptors (Lipinski definition) is 5. The second kappa shape index (κ2) is 7.05. The van der Waals surface area contributed by atoms with E-state index >= 15 is 0 Å². The number of carbonyl (C=O) groups is 1. The molecular weight excluding hydrogens is 362 g/mol. The number of ether oxygens (including phenoxy) is 1. The van der Waals surface area contributed by atoms with Gasteiger partial charge in [0.05, 0.1) is 18.4 Å². The number of benzene rings is 2. The molecular formula is C20H15N3O3S. The molecule has 4 aromatic rings. The van der Waals surface area contributed by atoms with E-state index in [4.69, 9.17) is 4.74 Å². The predicted molar refractivity (Wildman–Crippen MR) is 106 cm³/mol. The number of pyridine rings is 1. The molecule has 0 aliphatic rings. The van der Waals surface area contributed by atoms with Crippen molar-refractivity contribution < 1.29 is 9.53 Å². The van der Waals surface area contributed by atoms with Crippen LogP contribution in [0.25, 0.3) is 16.5 Å². The molecule has 0 saturated carbocycles. The molecule has 0 aliphatic heterocycles. The van der Waals surface area contributed by atoms with Crippen molar-refractivity contribution >= 4 is 33.1 Å². The number of aromatic nitrogens is 2. The lowest BCUT2D eigenvalue weighted by Crippen LogP contribution is -2.22. The predicted octanol–water partition coefficient (Wildman–Crippen LogP) is 3.71. The SMILES string of the molecule is COc1cccc(-n2cc(C(=O)Nc3nccs3)c3ccccc3c2=O)c1. The number of anilines is 1. The monoisotopic (exact) mass is 377 g/mol. The van der Waals surface area contributed by atoms with Crippen molar-refractivity contribution in [2.45, 2.75) is 0 Å². The summed E-state index contributed by atoms with van der Waals surface area (Å²) in [4.78, 5) is 29.9. The van der Waals surface area contributed by atoms with E-state index in [2.05, 4.69) is 10.3 Å². The normalized spacial score (nSPS) is 10.7. The van der Waals surface area contributed by atoms with E-state index in [1.165, 1.54) is 15.9 Å². The maximum absolute atomic E-state index is 13.0. The summed E-state index contributed by atoms with van der Waals surface area (Å²) in [7, 11) is 1.56. The number of fused-ring (bicyclic) bond motifs is 1. The Kier molecular flexibility index (Phi) is 4.43. The van der Waals surface area contributed by atoms with Crippen LogP contribution in [0, 0.1) is 0 Å². The summed E-state index contributed by atoms with van der Waals surface area (Å²) in [5.41, 5.74) is 0.807. The van der Waals surface area contributed by atoms with E-state index in [9.17, 15) is 9.59 Å². The van der Waals surface area contributed by atoms with Crippen LogP contribution in [0.5, 0.6) is 5.75 Å². The molecule has 2 heterocycles. The summed E-state index contributed by atoms with van der Waals surface area (Å²) in [6.07, 6.45) is 3.18. The smallest absolute Gasteiger partial charge is 0.262 e. The number of hydrogen-bond donors (Lipinski definition) is 1. The number of rotatable bonds is 4. The van der Waals surface area contributed by atoms with Crippen LogP contribution in [-0.2, 0) is 0 Å². The Hall–Kier alpha value is -3.45. The molecule has 1 N–H and O–H groups in total. The molecule has 2 aromatic heterocycles. The van der Waals surface area contributed by atoms with Gasteiger partial charge in [-0.25, -0.2) is 4.98 Å². The quantitative estimate of drug-likeness (QED) is 0.588. The van der Waals surface area contributed by atoms with E-state index < -0.39 is 0 Å². The Balaban J connectivity index is 1.91. The fourth-order valence-corrected chi connectivity index (χ4v) is 3.40. The number of thiazole rings is 1. The van der Waals surface area contributed by atoms with Crippen molar-refractivity contribution in [3.05, 3.63) is 82.2 Å². The number of methoxy groups -OCH3 is 1. The van der Waals surface area contributed by atoms with E-state index in [-0.39, 0.29) is 11.5 Å². The van der Waals surface area contributed by atoms with Crippen LogP contribution < -0.4 is 15.6 Å². The van der Waals surface area contributed by atoms with Crippen LogP contribution >= 0.6 is 11.3 Å². The third kappa shape index (κ3) is 3.20. The molecule has 6 nitrogen and oxygen atoms in total. The molecule has 0 bridgehead atoms. The Labute approximate surface area is 158 Å². The molecule has 0 radical (unpaired) electrons. The second-order valence-corrected chi connectivity index (χ2v) is 6.65. The van der Waals surface area contributed by atoms with Gasteiger partial charge in [-0.15, -0.1) is 11.3 Å². The Bertz CT molecular complexity index is 1180. The highest BCUT2D eigenvalue weighted by atomic mass is 32.1. The number of nitrogens with one attached hydrogen (secondary N) is 1. The van der Waals surface area contributed by atoms with Crippen LogP contribution in [0.3, 0.4) is 0 Å². The van der Waals surface area contributed by atoms with Gasteiger partial charge in [0.2, 0.25) is 0 Å². The van der Waals surface area contributed by atoms with Crippen LogP contribution in [0.1, 0.15) is 10.4 Å². The number of carbonyl (C=O) groups excluding carboxylic acids is 1. The lowest BCUT2D eigenvalue weighted by molar-refractivity contribution is 0.102. The minimum absolute atomic E-state index is 0.204. The van der Waals surface area contributed by atoms with Gasteiger partial charge in [-0.3, -0.25) is 19.5 Å². The zero-order valence-electron chi connectivity index (χ0n) is 14.4. The summed E-state index contributed by atoms with van der Waals surface area (Å²) in [5, 5.41) is 6.12. The van der Waals surface area contributed by atoms with Crippen molar-refractivity contribution in [3.8, 4) is 11.4 Å². The molecule has 2 aromatic carbocycles. The lowest BCUT2D eigenvalue weighted by atomic mass is 10.1. The summed E-state index contributed by atoms with van der Waals surface area (Å²) < 4.78 is 6.71. The van der Waals surface area contributed by atoms with E-state index in [1.807, 2.05) is 0 Å². The third-order valence-corrected chi connectivity index (χ3v) is 4.84. The molecule has 4 rings (SSSR count). The van der Waals surface area contributed by atoms with Crippen LogP contribution in [0.4, 0.5) is 5.13 Å². The minimum atomic E-state index is -0.321. The molecule has 27 heavy (non-hydrogen) atoms. The van der Waals surface area contributed by atoms with E-state index in [0.29, 0.717) is 32.9 Å². The number of nitrogens with zero attached hydrogens (tertiary/aromatic N) is 2. The molecule has 0 fully saturated rings. The zero-order valence-corrected chi connectivity index (χ0v) is 15.2. The molecule has 134 valence electrons. The highest BCUT2D eigenvalue weighted by Gasteiger charge is 2.16. The average molecular weight is 377 g/mol. The fourth-order valence-electron chi connectivity index (χ4n) is 2.87. The standard InChI is InChI=1S/C20H15N3O3S/c1-26-14-6-4-5-13(11-14)23-12-17(18(24)22-20-21-9-10-27-20)15-7-2-3-8-16(15)19(23)25/h2-12H,1H3,(H,21,22,24). The van der Waals surface area contributed by atoms with Crippen molar-refractivity contribution in [3.63, 3.8) is 0 Å². The van der Waals surface area contributed by atoms with Crippen LogP contribution in [0.2, 0.25) is 0 Å². The van der Waals surface area contributed by atoms with Crippen LogP contribution in [0.15, 0.2) is 71.1 Å². The van der Waals surface area contributed by atoms with E-state index in [1.54, 1.807) is 73.4 Å². The summed E-state index contributed by atoms with van der Waals surface area (Å²) in [6.45, 7) is 0. The first-order valence-electron chi connectivity index (χ1n) is 8.17. The fraction of sp³-hybridized carbons (Fsp3) is 0.0500. The Morgan fingerprint density at radius 3 is 2.70 bits per heavy atom. The van der Waals surface area contributed by atoms with Gasteiger partial charge in [-0.05, 0) is 18.2 Å². The maximum atomic E-state index is 13.0. The zero-order chi connectivity index (χ0) is 18.8. The third-order valence-electron chi connectivity index (χ3n) is 4.15. The molecule has 7 heteroatoms. The van der Waals surface area contributed by atoms with Gasteiger partial charge >= 0.3 is 0 Å². The molecule has 1 amide bonds. The van der Waals surface area contributed by atoms with Gasteiger partial charge in [0, 0.05) is 34.6 Å². The van der Waals surface area contributed by atoms with Crippen molar-refractivity contribution in [1.29, 1.82) is 0 Å². The average Bonchev–Trinajstić information content (AvgIpc) is 3.21. The maximum Gasteiger partial charge on any atom is 0.262 e. The van der Waals surface area contributed by atoms with Crippen LogP contribution in [-0.4, -0.2) is 22.6 Å². The van der Waals surface area contributed by atoms with Gasteiger partial charge in [0.15, 0.2) is 5.13 Å². The first-order chi connectivity index (χ1) is 13.2. The van der Waals surface area contributed by atoms with Crippen molar-refractivity contribution in [1.82, 2.24) is 9.55 Å². The summed E-state index contributed by atoms with van der Waals surface area (Å²) in [5.74, 6) is 0.305. The Morgan fingerprint density at radius 2 is 1.96 bits per heavy atom. The van der Waals surface area contributed by atoms with Gasteiger partial charge in [-0.1, -0.05) is 24.3 Å². The molecule has 0 saturated heterocycles. The minimum Gasteiger partial charge on any atom is -0.497 e. The van der Waals surface area contributed by atoms with E-state index in [0.717, 1.165) is 0 Å². The lowest BCUT2D eigenvalue weighted by Gasteiger charge is -2.13. The highest BCUT2D eigenvalue weighted by Crippen LogP contribution is 2.21. The summed E-state index contributed by atoms with van der Waals surface area (Å²) in [6, 6.07) is 14.2. The highest BCUT2D eigenvalue weighted by molar-refractivity contribution is 7.13. The largest absolute Gasteiger partial charge is 0.497 e. The Morgan fingerprint density at radius 1 is 1.15 bits per heavy atom. The summed E-state index contributed by atoms with van der Waals surface area (Å²) >= 11 is 1.33. The molecule has 0 atom stereocenters. The van der Waals surface area contributed by atoms with Gasteiger partial charge in [-0.2, -0.15) is 0 Å². The second-order valence-electron chi connectivity index (χ2n) is 5.76. The molecule has 0 aliphatic carbocycles. The molecule has 0 spiro atoms. The van der Waals surface area contributed by atoms with Crippen molar-refractivity contribution in [2.24, 2.45) is 0 Å². The first kappa shape index (κ1) is 17.0. The van der Waals surface area contributed by atoms with Crippen molar-refractivity contribution in [2.75, 3.05) is 12.4 Å². The number of amides is 1. The van der Waals surface area contributed by atoms with Gasteiger partial charge in [0.25, 0.3) is 11.5 Å². The van der Waals surface area contributed by atoms with Gasteiger partial charge in [0.1, 0.15) is 5.75 Å². The topological polar surface area (TPSA) is 73.2 Å².